The minimum Gasteiger partial charge on any atom is -0.350 e. The van der Waals surface area contributed by atoms with Crippen molar-refractivity contribution in [2.45, 2.75) is 17.2 Å². The first-order valence-corrected chi connectivity index (χ1v) is 11.6. The summed E-state index contributed by atoms with van der Waals surface area (Å²) in [6.07, 6.45) is 3.85. The fourth-order valence-corrected chi connectivity index (χ4v) is 5.73. The number of rotatable bonds is 3. The van der Waals surface area contributed by atoms with Crippen LogP contribution in [0.5, 0.6) is 0 Å². The van der Waals surface area contributed by atoms with Crippen molar-refractivity contribution < 1.29 is 11.0 Å². The Morgan fingerprint density at radius 1 is 1.17 bits per heavy atom. The molecule has 0 radical (unpaired) electrons. The second-order valence-corrected chi connectivity index (χ2v) is 9.21. The molecule has 0 saturated carbocycles. The first-order valence-electron chi connectivity index (χ1n) is 9.46. The molecule has 4 nitrogen and oxygen atoms in total. The summed E-state index contributed by atoms with van der Waals surface area (Å²) in [6, 6.07) is 14.8. The molecule has 1 N–H and O–H groups in total. The van der Waals surface area contributed by atoms with Crippen LogP contribution in [0, 0.1) is 0 Å². The van der Waals surface area contributed by atoms with Crippen molar-refractivity contribution in [3.63, 3.8) is 0 Å². The van der Waals surface area contributed by atoms with E-state index >= 15 is 0 Å². The number of amides is 1. The lowest BCUT2D eigenvalue weighted by atomic mass is 9.89. The van der Waals surface area contributed by atoms with Gasteiger partial charge < -0.3 is 14.6 Å². The summed E-state index contributed by atoms with van der Waals surface area (Å²) in [5.74, 6) is -0.0597. The zero-order valence-electron chi connectivity index (χ0n) is 15.9. The summed E-state index contributed by atoms with van der Waals surface area (Å²) >= 11 is 3.43. The number of thiophene rings is 1. The Balaban J connectivity index is 0.00000193. The van der Waals surface area contributed by atoms with E-state index in [0.717, 1.165) is 33.2 Å². The van der Waals surface area contributed by atoms with Crippen LogP contribution in [0.15, 0.2) is 58.9 Å². The van der Waals surface area contributed by atoms with Gasteiger partial charge in [0.1, 0.15) is 6.10 Å². The lowest BCUT2D eigenvalue weighted by Crippen LogP contribution is -2.33. The minimum atomic E-state index is -0.210. The number of benzene rings is 2. The number of nitrogens with zero attached hydrogens (tertiary/aromatic N) is 1. The van der Waals surface area contributed by atoms with Crippen molar-refractivity contribution in [3.05, 3.63) is 65.2 Å². The molecule has 2 aromatic heterocycles. The van der Waals surface area contributed by atoms with Crippen LogP contribution in [0.3, 0.4) is 0 Å². The van der Waals surface area contributed by atoms with E-state index in [4.69, 9.17) is 4.74 Å². The summed E-state index contributed by atoms with van der Waals surface area (Å²) in [5.41, 5.74) is 4.94. The van der Waals surface area contributed by atoms with Gasteiger partial charge >= 0.3 is 0 Å². The van der Waals surface area contributed by atoms with E-state index < -0.39 is 0 Å². The SMILES string of the molecule is CSc1ccc2c(C3=C(c4csc5ccccc45)C4OC4NC3=O)cn(C)c2c1.[HH]. The van der Waals surface area contributed by atoms with E-state index in [-0.39, 0.29) is 19.7 Å². The van der Waals surface area contributed by atoms with Gasteiger partial charge in [-0.25, -0.2) is 0 Å². The molecule has 1 saturated heterocycles. The Morgan fingerprint density at radius 3 is 2.90 bits per heavy atom. The lowest BCUT2D eigenvalue weighted by molar-refractivity contribution is -0.116. The Morgan fingerprint density at radius 2 is 2.03 bits per heavy atom. The maximum absolute atomic E-state index is 13.2. The first kappa shape index (κ1) is 17.3. The predicted molar refractivity (Wildman–Crippen MR) is 122 cm³/mol. The van der Waals surface area contributed by atoms with Crippen LogP contribution in [0.1, 0.15) is 12.6 Å². The van der Waals surface area contributed by atoms with Crippen molar-refractivity contribution in [2.24, 2.45) is 7.05 Å². The Bertz CT molecular complexity index is 1350. The Labute approximate surface area is 177 Å². The molecule has 0 aliphatic carbocycles. The average Bonchev–Trinajstić information content (AvgIpc) is 3.26. The van der Waals surface area contributed by atoms with Gasteiger partial charge in [0.05, 0.1) is 5.57 Å². The number of aryl methyl sites for hydroxylation is 1. The van der Waals surface area contributed by atoms with Gasteiger partial charge in [0.2, 0.25) is 0 Å². The molecule has 2 unspecified atom stereocenters. The summed E-state index contributed by atoms with van der Waals surface area (Å²) in [5, 5.41) is 7.44. The monoisotopic (exact) mass is 420 g/mol. The van der Waals surface area contributed by atoms with E-state index in [9.17, 15) is 4.79 Å². The third kappa shape index (κ3) is 2.53. The maximum Gasteiger partial charge on any atom is 0.254 e. The number of hydrogen-bond acceptors (Lipinski definition) is 4. The van der Waals surface area contributed by atoms with Crippen LogP contribution in [0.4, 0.5) is 0 Å². The smallest absolute Gasteiger partial charge is 0.254 e. The minimum absolute atomic E-state index is 0. The molecule has 2 aliphatic heterocycles. The topological polar surface area (TPSA) is 46.6 Å². The molecule has 4 aromatic rings. The van der Waals surface area contributed by atoms with Crippen LogP contribution in [0.25, 0.3) is 32.1 Å². The average molecular weight is 421 g/mol. The van der Waals surface area contributed by atoms with E-state index in [1.54, 1.807) is 23.1 Å². The van der Waals surface area contributed by atoms with E-state index in [1.165, 1.54) is 15.0 Å². The third-order valence-electron chi connectivity index (χ3n) is 5.78. The highest BCUT2D eigenvalue weighted by Gasteiger charge is 2.50. The molecule has 6 rings (SSSR count). The Kier molecular flexibility index (Phi) is 3.72. The molecular formula is C23H20N2O2S2. The second kappa shape index (κ2) is 6.23. The second-order valence-electron chi connectivity index (χ2n) is 7.42. The number of carbonyl (C=O) groups is 1. The zero-order chi connectivity index (χ0) is 19.7. The highest BCUT2D eigenvalue weighted by Crippen LogP contribution is 2.47. The summed E-state index contributed by atoms with van der Waals surface area (Å²) in [6.45, 7) is 0. The number of nitrogens with one attached hydrogen (secondary N) is 1. The molecule has 0 spiro atoms. The van der Waals surface area contributed by atoms with Gasteiger partial charge in [-0.05, 0) is 35.4 Å². The third-order valence-corrected chi connectivity index (χ3v) is 7.47. The van der Waals surface area contributed by atoms with Crippen molar-refractivity contribution >= 4 is 61.1 Å². The van der Waals surface area contributed by atoms with E-state index in [2.05, 4.69) is 70.2 Å². The molecule has 146 valence electrons. The number of carbonyl (C=O) groups excluding carboxylic acids is 1. The van der Waals surface area contributed by atoms with Gasteiger partial charge in [0.15, 0.2) is 6.23 Å². The largest absolute Gasteiger partial charge is 0.350 e. The van der Waals surface area contributed by atoms with Crippen molar-refractivity contribution in [1.29, 1.82) is 0 Å². The van der Waals surface area contributed by atoms with E-state index in [0.29, 0.717) is 0 Å². The highest BCUT2D eigenvalue weighted by molar-refractivity contribution is 7.98. The number of thioether (sulfide) groups is 1. The number of hydrogen-bond donors (Lipinski definition) is 1. The van der Waals surface area contributed by atoms with Crippen LogP contribution >= 0.6 is 23.1 Å². The molecule has 2 atom stereocenters. The maximum atomic E-state index is 13.2. The summed E-state index contributed by atoms with van der Waals surface area (Å²) in [7, 11) is 2.04. The van der Waals surface area contributed by atoms with Crippen LogP contribution in [-0.2, 0) is 16.6 Å². The van der Waals surface area contributed by atoms with Gasteiger partial charge in [-0.3, -0.25) is 4.79 Å². The first-order chi connectivity index (χ1) is 14.2. The molecular weight excluding hydrogens is 400 g/mol. The van der Waals surface area contributed by atoms with Gasteiger partial charge in [-0.1, -0.05) is 24.3 Å². The fourth-order valence-electron chi connectivity index (χ4n) is 4.34. The van der Waals surface area contributed by atoms with Gasteiger partial charge in [0, 0.05) is 51.7 Å². The molecule has 1 fully saturated rings. The molecule has 2 aromatic carbocycles. The molecule has 1 amide bonds. The number of aromatic nitrogens is 1. The van der Waals surface area contributed by atoms with Gasteiger partial charge in [-0.2, -0.15) is 0 Å². The predicted octanol–water partition coefficient (Wildman–Crippen LogP) is 5.13. The fraction of sp³-hybridized carbons (Fsp3) is 0.174. The number of fused-ring (bicyclic) bond motifs is 3. The van der Waals surface area contributed by atoms with Crippen molar-refractivity contribution in [1.82, 2.24) is 9.88 Å². The Hall–Kier alpha value is -2.54. The summed E-state index contributed by atoms with van der Waals surface area (Å²) in [4.78, 5) is 14.4. The summed E-state index contributed by atoms with van der Waals surface area (Å²) < 4.78 is 9.17. The molecule has 4 heterocycles. The number of ether oxygens (including phenoxy) is 1. The normalized spacial score (nSPS) is 21.0. The lowest BCUT2D eigenvalue weighted by Gasteiger charge is -2.17. The highest BCUT2D eigenvalue weighted by atomic mass is 32.2. The standard InChI is InChI=1S/C23H18N2O2S2.H2/c1-25-10-15(13-8-7-12(28-2)9-17(13)25)20-19(21-23(27-21)24-22(20)26)16-11-29-18-6-4-3-5-14(16)18;/h3-11,21,23H,1-2H3,(H,24,26);1H. The van der Waals surface area contributed by atoms with Crippen LogP contribution in [0.2, 0.25) is 0 Å². The molecule has 0 bridgehead atoms. The molecule has 29 heavy (non-hydrogen) atoms. The molecule has 2 aliphatic rings. The van der Waals surface area contributed by atoms with Gasteiger partial charge in [0.25, 0.3) is 5.91 Å². The van der Waals surface area contributed by atoms with Crippen molar-refractivity contribution in [2.75, 3.05) is 6.26 Å². The zero-order valence-corrected chi connectivity index (χ0v) is 17.6. The van der Waals surface area contributed by atoms with E-state index in [1.807, 2.05) is 7.05 Å². The van der Waals surface area contributed by atoms with Crippen LogP contribution < -0.4 is 5.32 Å². The van der Waals surface area contributed by atoms with Crippen molar-refractivity contribution in [3.8, 4) is 0 Å². The van der Waals surface area contributed by atoms with Crippen LogP contribution in [-0.4, -0.2) is 29.1 Å². The number of epoxide rings is 1. The molecule has 6 heteroatoms. The quantitative estimate of drug-likeness (QED) is 0.369. The van der Waals surface area contributed by atoms with Gasteiger partial charge in [-0.15, -0.1) is 23.1 Å².